The van der Waals surface area contributed by atoms with Gasteiger partial charge >= 0.3 is 0 Å². The highest BCUT2D eigenvalue weighted by Gasteiger charge is 2.65. The summed E-state index contributed by atoms with van der Waals surface area (Å²) in [5, 5.41) is 54.8. The molecule has 1 aromatic carbocycles. The molecule has 0 heterocycles. The molecule has 1 saturated carbocycles. The predicted molar refractivity (Wildman–Crippen MR) is 116 cm³/mol. The van der Waals surface area contributed by atoms with Crippen molar-refractivity contribution in [1.29, 1.82) is 0 Å². The Kier molecular flexibility index (Phi) is 5.61. The van der Waals surface area contributed by atoms with E-state index in [4.69, 9.17) is 5.73 Å². The van der Waals surface area contributed by atoms with E-state index in [0.29, 0.717) is 12.0 Å². The van der Waals surface area contributed by atoms with Gasteiger partial charge in [0, 0.05) is 42.6 Å². The second-order valence-electron chi connectivity index (χ2n) is 9.04. The smallest absolute Gasteiger partial charge is 0.255 e. The van der Waals surface area contributed by atoms with E-state index in [0.717, 1.165) is 0 Å². The van der Waals surface area contributed by atoms with Crippen molar-refractivity contribution in [3.8, 4) is 5.75 Å². The molecule has 5 atom stereocenters. The van der Waals surface area contributed by atoms with Crippen molar-refractivity contribution >= 4 is 29.0 Å². The van der Waals surface area contributed by atoms with Gasteiger partial charge < -0.3 is 31.3 Å². The van der Waals surface area contributed by atoms with Gasteiger partial charge in [0.1, 0.15) is 28.6 Å². The van der Waals surface area contributed by atoms with E-state index in [1.165, 1.54) is 12.1 Å². The minimum Gasteiger partial charge on any atom is -0.508 e. The normalized spacial score (nSPS) is 30.6. The third-order valence-electron chi connectivity index (χ3n) is 7.15. The second kappa shape index (κ2) is 8.07. The maximum atomic E-state index is 13.6. The number of aliphatic hydroxyl groups excluding tert-OH is 3. The number of carbonyl (C=O) groups excluding carboxylic acids is 4. The second-order valence-corrected chi connectivity index (χ2v) is 9.04. The first-order valence-electron chi connectivity index (χ1n) is 11.0. The molecule has 1 fully saturated rings. The van der Waals surface area contributed by atoms with Crippen molar-refractivity contribution in [3.05, 3.63) is 46.2 Å². The van der Waals surface area contributed by atoms with E-state index in [1.807, 2.05) is 6.92 Å². The third kappa shape index (κ3) is 3.09. The lowest BCUT2D eigenvalue weighted by atomic mass is 9.55. The molecule has 1 aromatic rings. The number of amides is 1. The van der Waals surface area contributed by atoms with E-state index in [9.17, 15) is 44.7 Å². The molecule has 0 saturated heterocycles. The van der Waals surface area contributed by atoms with Gasteiger partial charge in [0.2, 0.25) is 5.78 Å². The topological polar surface area (TPSA) is 195 Å². The van der Waals surface area contributed by atoms with Crippen LogP contribution in [0.5, 0.6) is 5.75 Å². The maximum absolute atomic E-state index is 13.6. The van der Waals surface area contributed by atoms with Crippen LogP contribution in [-0.4, -0.2) is 60.5 Å². The quantitative estimate of drug-likeness (QED) is 0.335. The van der Waals surface area contributed by atoms with Gasteiger partial charge in [-0.2, -0.15) is 0 Å². The summed E-state index contributed by atoms with van der Waals surface area (Å²) in [6.45, 7) is 1.81. The van der Waals surface area contributed by atoms with Gasteiger partial charge in [-0.15, -0.1) is 0 Å². The molecule has 0 unspecified atom stereocenters. The molecule has 3 aliphatic carbocycles. The molecule has 34 heavy (non-hydrogen) atoms. The lowest BCUT2D eigenvalue weighted by molar-refractivity contribution is -0.161. The zero-order valence-corrected chi connectivity index (χ0v) is 18.3. The number of benzene rings is 1. The third-order valence-corrected chi connectivity index (χ3v) is 7.15. The van der Waals surface area contributed by atoms with E-state index in [-0.39, 0.29) is 29.9 Å². The van der Waals surface area contributed by atoms with Crippen LogP contribution in [-0.2, 0) is 19.2 Å². The fourth-order valence-electron chi connectivity index (χ4n) is 5.64. The van der Waals surface area contributed by atoms with Crippen LogP contribution in [0.15, 0.2) is 35.1 Å². The number of Topliss-reactive ketones (excluding diaryl/α,β-unsaturated/α-hetero) is 3. The monoisotopic (exact) mass is 471 g/mol. The van der Waals surface area contributed by atoms with Gasteiger partial charge in [0.25, 0.3) is 5.91 Å². The molecule has 1 amide bonds. The molecular weight excluding hydrogens is 446 g/mol. The highest BCUT2D eigenvalue weighted by Crippen LogP contribution is 2.56. The minimum absolute atomic E-state index is 0.129. The zero-order chi connectivity index (χ0) is 25.1. The molecule has 180 valence electrons. The Hall–Kier alpha value is -3.50. The predicted octanol–water partition coefficient (Wildman–Crippen LogP) is 0.695. The fraction of sp³-hybridized carbons (Fsp3) is 0.417. The Morgan fingerprint density at radius 2 is 1.85 bits per heavy atom. The fourth-order valence-corrected chi connectivity index (χ4v) is 5.64. The highest BCUT2D eigenvalue weighted by molar-refractivity contribution is 6.23. The molecule has 3 aliphatic rings. The summed E-state index contributed by atoms with van der Waals surface area (Å²) >= 11 is 0. The van der Waals surface area contributed by atoms with E-state index >= 15 is 0 Å². The summed E-state index contributed by atoms with van der Waals surface area (Å²) in [6, 6.07) is 4.32. The van der Waals surface area contributed by atoms with Gasteiger partial charge in [0.15, 0.2) is 11.4 Å². The first-order chi connectivity index (χ1) is 16.0. The highest BCUT2D eigenvalue weighted by atomic mass is 16.4. The van der Waals surface area contributed by atoms with Crippen molar-refractivity contribution in [1.82, 2.24) is 0 Å². The molecule has 10 nitrogen and oxygen atoms in total. The van der Waals surface area contributed by atoms with Crippen LogP contribution in [0.3, 0.4) is 0 Å². The van der Waals surface area contributed by atoms with Crippen LogP contribution in [0.4, 0.5) is 0 Å². The van der Waals surface area contributed by atoms with Crippen LogP contribution in [0.2, 0.25) is 0 Å². The number of phenols is 1. The Morgan fingerprint density at radius 1 is 1.18 bits per heavy atom. The van der Waals surface area contributed by atoms with Gasteiger partial charge in [-0.3, -0.25) is 19.2 Å². The van der Waals surface area contributed by atoms with Gasteiger partial charge in [0.05, 0.1) is 11.7 Å². The number of nitrogens with two attached hydrogens (primary N) is 1. The summed E-state index contributed by atoms with van der Waals surface area (Å²) in [7, 11) is 0. The van der Waals surface area contributed by atoms with Gasteiger partial charge in [-0.25, -0.2) is 0 Å². The van der Waals surface area contributed by atoms with Crippen LogP contribution in [0, 0.1) is 11.8 Å². The SMILES string of the molecule is CCCC(=O)C[C@H]1c2cccc(O)c2C(O)=C2C(=O)[C@]3(O)C(O)=C(C(N)=O)C(=O)C[C@@H]3[C@@H](O)[C@@H]21. The van der Waals surface area contributed by atoms with Crippen LogP contribution < -0.4 is 5.73 Å². The minimum atomic E-state index is -2.91. The van der Waals surface area contributed by atoms with Crippen LogP contribution in [0.25, 0.3) is 5.76 Å². The van der Waals surface area contributed by atoms with Crippen LogP contribution >= 0.6 is 0 Å². The molecule has 4 rings (SSSR count). The van der Waals surface area contributed by atoms with E-state index in [1.54, 1.807) is 6.07 Å². The molecule has 0 bridgehead atoms. The zero-order valence-electron chi connectivity index (χ0n) is 18.3. The molecular formula is C24H25NO9. The van der Waals surface area contributed by atoms with Crippen molar-refractivity contribution in [2.45, 2.75) is 50.2 Å². The standard InChI is InChI=1S/C24H25NO9/c1-2-4-9(26)7-11-10-5-3-6-13(27)15(10)20(30)18-16(11)19(29)12-8-14(28)17(23(25)33)21(31)24(12,34)22(18)32/h3,5-6,11-12,16,19,27,29-31,34H,2,4,7-8H2,1H3,(H2,25,33)/t11-,12+,16+,19+,24+/m0/s1. The Bertz CT molecular complexity index is 1200. The Balaban J connectivity index is 1.98. The first-order valence-corrected chi connectivity index (χ1v) is 11.0. The Morgan fingerprint density at radius 3 is 2.47 bits per heavy atom. The maximum Gasteiger partial charge on any atom is 0.255 e. The van der Waals surface area contributed by atoms with Crippen LogP contribution in [0.1, 0.15) is 49.7 Å². The molecule has 0 radical (unpaired) electrons. The number of hydrogen-bond acceptors (Lipinski definition) is 9. The number of carbonyl (C=O) groups is 4. The van der Waals surface area contributed by atoms with E-state index < -0.39 is 76.0 Å². The lowest BCUT2D eigenvalue weighted by Crippen LogP contribution is -2.64. The molecule has 10 heteroatoms. The Labute approximate surface area is 194 Å². The number of primary amides is 1. The number of aliphatic hydroxyl groups is 4. The lowest BCUT2D eigenvalue weighted by Gasteiger charge is -2.50. The largest absolute Gasteiger partial charge is 0.508 e. The summed E-state index contributed by atoms with van der Waals surface area (Å²) < 4.78 is 0. The van der Waals surface area contributed by atoms with E-state index in [2.05, 4.69) is 0 Å². The molecule has 0 spiro atoms. The van der Waals surface area contributed by atoms with Crippen molar-refractivity contribution in [2.24, 2.45) is 17.6 Å². The molecule has 0 aromatic heterocycles. The molecule has 0 aliphatic heterocycles. The van der Waals surface area contributed by atoms with Gasteiger partial charge in [-0.05, 0) is 18.1 Å². The number of hydrogen-bond donors (Lipinski definition) is 6. The number of aromatic hydroxyl groups is 1. The summed E-state index contributed by atoms with van der Waals surface area (Å²) in [5.74, 6) is -9.76. The van der Waals surface area contributed by atoms with Crippen molar-refractivity contribution in [2.75, 3.05) is 0 Å². The summed E-state index contributed by atoms with van der Waals surface area (Å²) in [5.41, 5.74) is 1.00. The first kappa shape index (κ1) is 23.7. The number of ketones is 3. The average molecular weight is 471 g/mol. The summed E-state index contributed by atoms with van der Waals surface area (Å²) in [4.78, 5) is 50.5. The number of rotatable bonds is 5. The average Bonchev–Trinajstić information content (AvgIpc) is 2.76. The number of fused-ring (bicyclic) bond motifs is 3. The van der Waals surface area contributed by atoms with Gasteiger partial charge in [-0.1, -0.05) is 19.1 Å². The van der Waals surface area contributed by atoms with Crippen molar-refractivity contribution in [3.63, 3.8) is 0 Å². The summed E-state index contributed by atoms with van der Waals surface area (Å²) in [6.07, 6.45) is -1.69. The molecule has 7 N–H and O–H groups in total. The number of phenolic OH excluding ortho intramolecular Hbond substituents is 1. The van der Waals surface area contributed by atoms with Crippen molar-refractivity contribution < 1.29 is 44.7 Å².